The van der Waals surface area contributed by atoms with E-state index in [2.05, 4.69) is 5.10 Å². The monoisotopic (exact) mass is 264 g/mol. The topological polar surface area (TPSA) is 61.2 Å². The average molecular weight is 264 g/mol. The first-order chi connectivity index (χ1) is 8.56. The molecule has 6 heteroatoms. The summed E-state index contributed by atoms with van der Waals surface area (Å²) < 4.78 is 5.97. The molecule has 94 valence electrons. The van der Waals surface area contributed by atoms with Crippen molar-refractivity contribution in [3.8, 4) is 11.3 Å². The summed E-state index contributed by atoms with van der Waals surface area (Å²) in [5, 5.41) is 7.95. The molecule has 18 heavy (non-hydrogen) atoms. The van der Waals surface area contributed by atoms with Gasteiger partial charge in [0.1, 0.15) is 11.3 Å². The molecule has 0 atom stereocenters. The van der Waals surface area contributed by atoms with E-state index in [4.69, 9.17) is 4.74 Å². The van der Waals surface area contributed by atoms with Gasteiger partial charge in [-0.05, 0) is 18.4 Å². The molecule has 0 bridgehead atoms. The molecular weight excluding hydrogens is 252 g/mol. The molecular formula is C12H12N2O3S. The minimum atomic E-state index is -0.485. The van der Waals surface area contributed by atoms with E-state index < -0.39 is 5.97 Å². The van der Waals surface area contributed by atoms with Gasteiger partial charge in [0.25, 0.3) is 0 Å². The number of carbonyl (C=O) groups is 2. The molecule has 0 amide bonds. The van der Waals surface area contributed by atoms with Crippen molar-refractivity contribution < 1.29 is 14.3 Å². The van der Waals surface area contributed by atoms with Crippen LogP contribution < -0.4 is 0 Å². The number of rotatable bonds is 2. The number of nitrogens with zero attached hydrogens (tertiary/aromatic N) is 2. The van der Waals surface area contributed by atoms with Crippen LogP contribution in [0.15, 0.2) is 16.8 Å². The lowest BCUT2D eigenvalue weighted by Gasteiger charge is -2.00. The number of hydrogen-bond donors (Lipinski definition) is 0. The van der Waals surface area contributed by atoms with Crippen LogP contribution in [0.5, 0.6) is 0 Å². The molecule has 0 unspecified atom stereocenters. The highest BCUT2D eigenvalue weighted by Gasteiger charge is 2.24. The van der Waals surface area contributed by atoms with E-state index in [0.717, 1.165) is 5.56 Å². The molecule has 0 saturated carbocycles. The minimum Gasteiger partial charge on any atom is -0.465 e. The second kappa shape index (κ2) is 4.73. The first kappa shape index (κ1) is 12.5. The van der Waals surface area contributed by atoms with Crippen molar-refractivity contribution in [2.75, 3.05) is 7.11 Å². The Labute approximate surface area is 108 Å². The first-order valence-electron chi connectivity index (χ1n) is 5.27. The molecule has 2 aromatic heterocycles. The SMILES string of the molecule is COC(=O)c1c(-c2ccsc2)nn(C(C)=O)c1C. The molecule has 0 spiro atoms. The van der Waals surface area contributed by atoms with Gasteiger partial charge in [0.2, 0.25) is 5.91 Å². The normalized spacial score (nSPS) is 10.4. The molecule has 0 saturated heterocycles. The van der Waals surface area contributed by atoms with Crippen molar-refractivity contribution in [3.05, 3.63) is 28.1 Å². The first-order valence-corrected chi connectivity index (χ1v) is 6.22. The largest absolute Gasteiger partial charge is 0.465 e. The maximum Gasteiger partial charge on any atom is 0.342 e. The Bertz CT molecular complexity index is 599. The van der Waals surface area contributed by atoms with Crippen LogP contribution in [0.4, 0.5) is 0 Å². The summed E-state index contributed by atoms with van der Waals surface area (Å²) in [5.41, 5.74) is 2.13. The van der Waals surface area contributed by atoms with Crippen LogP contribution in [-0.4, -0.2) is 28.8 Å². The third-order valence-electron chi connectivity index (χ3n) is 2.60. The van der Waals surface area contributed by atoms with E-state index in [1.54, 1.807) is 6.92 Å². The fraction of sp³-hybridized carbons (Fsp3) is 0.250. The van der Waals surface area contributed by atoms with Gasteiger partial charge < -0.3 is 4.74 Å². The molecule has 0 N–H and O–H groups in total. The zero-order chi connectivity index (χ0) is 13.3. The number of hydrogen-bond acceptors (Lipinski definition) is 5. The Balaban J connectivity index is 2.68. The predicted octanol–water partition coefficient (Wildman–Crippen LogP) is 2.37. The number of ether oxygens (including phenoxy) is 1. The van der Waals surface area contributed by atoms with Gasteiger partial charge in [-0.1, -0.05) is 0 Å². The van der Waals surface area contributed by atoms with E-state index in [1.165, 1.54) is 30.1 Å². The number of esters is 1. The Morgan fingerprint density at radius 3 is 2.67 bits per heavy atom. The van der Waals surface area contributed by atoms with Crippen molar-refractivity contribution >= 4 is 23.2 Å². The van der Waals surface area contributed by atoms with Crippen LogP contribution in [0.2, 0.25) is 0 Å². The molecule has 0 aliphatic carbocycles. The summed E-state index contributed by atoms with van der Waals surface area (Å²) in [5.74, 6) is -0.722. The van der Waals surface area contributed by atoms with E-state index >= 15 is 0 Å². The third kappa shape index (κ3) is 1.95. The standard InChI is InChI=1S/C12H12N2O3S/c1-7-10(12(16)17-3)11(9-4-5-18-6-9)13-14(7)8(2)15/h4-6H,1-3H3. The van der Waals surface area contributed by atoms with Gasteiger partial charge in [-0.3, -0.25) is 4.79 Å². The highest BCUT2D eigenvalue weighted by atomic mass is 32.1. The highest BCUT2D eigenvalue weighted by Crippen LogP contribution is 2.27. The molecule has 0 fully saturated rings. The maximum atomic E-state index is 11.8. The second-order valence-electron chi connectivity index (χ2n) is 3.74. The summed E-state index contributed by atoms with van der Waals surface area (Å²) in [6, 6.07) is 1.85. The van der Waals surface area contributed by atoms with Crippen LogP contribution in [0.1, 0.15) is 27.8 Å². The highest BCUT2D eigenvalue weighted by molar-refractivity contribution is 7.08. The van der Waals surface area contributed by atoms with Crippen molar-refractivity contribution in [2.45, 2.75) is 13.8 Å². The Morgan fingerprint density at radius 2 is 2.17 bits per heavy atom. The average Bonchev–Trinajstić information content (AvgIpc) is 2.94. The van der Waals surface area contributed by atoms with E-state index in [1.807, 2.05) is 16.8 Å². The van der Waals surface area contributed by atoms with Crippen LogP contribution in [-0.2, 0) is 4.74 Å². The van der Waals surface area contributed by atoms with E-state index in [0.29, 0.717) is 17.0 Å². The van der Waals surface area contributed by atoms with Crippen LogP contribution in [0.3, 0.4) is 0 Å². The molecule has 5 nitrogen and oxygen atoms in total. The summed E-state index contributed by atoms with van der Waals surface area (Å²) in [6.07, 6.45) is 0. The van der Waals surface area contributed by atoms with Gasteiger partial charge in [-0.15, -0.1) is 0 Å². The van der Waals surface area contributed by atoms with Crippen molar-refractivity contribution in [1.29, 1.82) is 0 Å². The fourth-order valence-corrected chi connectivity index (χ4v) is 2.40. The smallest absolute Gasteiger partial charge is 0.342 e. The minimum absolute atomic E-state index is 0.237. The molecule has 0 aliphatic rings. The number of methoxy groups -OCH3 is 1. The van der Waals surface area contributed by atoms with E-state index in [9.17, 15) is 9.59 Å². The zero-order valence-electron chi connectivity index (χ0n) is 10.3. The number of carbonyl (C=O) groups excluding carboxylic acids is 2. The molecule has 0 aliphatic heterocycles. The quantitative estimate of drug-likeness (QED) is 0.781. The van der Waals surface area contributed by atoms with E-state index in [-0.39, 0.29) is 5.91 Å². The lowest BCUT2D eigenvalue weighted by Crippen LogP contribution is -2.11. The molecule has 2 rings (SSSR count). The Hall–Kier alpha value is -1.95. The number of thiophene rings is 1. The van der Waals surface area contributed by atoms with Crippen molar-refractivity contribution in [1.82, 2.24) is 9.78 Å². The fourth-order valence-electron chi connectivity index (χ4n) is 1.76. The third-order valence-corrected chi connectivity index (χ3v) is 3.28. The van der Waals surface area contributed by atoms with Crippen molar-refractivity contribution in [3.63, 3.8) is 0 Å². The summed E-state index contributed by atoms with van der Waals surface area (Å²) in [6.45, 7) is 3.08. The molecule has 0 aromatic carbocycles. The van der Waals surface area contributed by atoms with Crippen LogP contribution in [0.25, 0.3) is 11.3 Å². The van der Waals surface area contributed by atoms with Gasteiger partial charge >= 0.3 is 5.97 Å². The summed E-state index contributed by atoms with van der Waals surface area (Å²) in [4.78, 5) is 23.3. The van der Waals surface area contributed by atoms with Crippen LogP contribution in [0, 0.1) is 6.92 Å². The molecule has 2 aromatic rings. The predicted molar refractivity (Wildman–Crippen MR) is 67.9 cm³/mol. The Kier molecular flexibility index (Phi) is 3.29. The summed E-state index contributed by atoms with van der Waals surface area (Å²) in [7, 11) is 1.31. The maximum absolute atomic E-state index is 11.8. The van der Waals surface area contributed by atoms with Gasteiger partial charge in [0, 0.05) is 17.9 Å². The van der Waals surface area contributed by atoms with Gasteiger partial charge in [0.15, 0.2) is 0 Å². The second-order valence-corrected chi connectivity index (χ2v) is 4.52. The molecule has 2 heterocycles. The lowest BCUT2D eigenvalue weighted by molar-refractivity contribution is 0.0601. The zero-order valence-corrected chi connectivity index (χ0v) is 11.1. The van der Waals surface area contributed by atoms with Gasteiger partial charge in [-0.2, -0.15) is 16.4 Å². The summed E-state index contributed by atoms with van der Waals surface area (Å²) >= 11 is 1.50. The Morgan fingerprint density at radius 1 is 1.44 bits per heavy atom. The van der Waals surface area contributed by atoms with Gasteiger partial charge in [-0.25, -0.2) is 9.48 Å². The van der Waals surface area contributed by atoms with Crippen LogP contribution >= 0.6 is 11.3 Å². The lowest BCUT2D eigenvalue weighted by atomic mass is 10.1. The van der Waals surface area contributed by atoms with Crippen molar-refractivity contribution in [2.24, 2.45) is 0 Å². The molecule has 0 radical (unpaired) electrons. The number of aromatic nitrogens is 2. The van der Waals surface area contributed by atoms with Gasteiger partial charge in [0.05, 0.1) is 12.8 Å².